The van der Waals surface area contributed by atoms with E-state index in [1.807, 2.05) is 25.1 Å². The van der Waals surface area contributed by atoms with Gasteiger partial charge in [-0.15, -0.1) is 0 Å². The quantitative estimate of drug-likeness (QED) is 0.706. The first-order chi connectivity index (χ1) is 12.9. The molecule has 1 N–H and O–H groups in total. The van der Waals surface area contributed by atoms with Crippen molar-refractivity contribution >= 4 is 29.1 Å². The summed E-state index contributed by atoms with van der Waals surface area (Å²) < 4.78 is 1.49. The first kappa shape index (κ1) is 19.1. The molecule has 27 heavy (non-hydrogen) atoms. The monoisotopic (exact) mass is 401 g/mol. The summed E-state index contributed by atoms with van der Waals surface area (Å²) in [6, 6.07) is 15.3. The lowest BCUT2D eigenvalue weighted by Crippen LogP contribution is -2.33. The Hall–Kier alpha value is -2.63. The summed E-state index contributed by atoms with van der Waals surface area (Å²) in [5.41, 5.74) is 1.40. The predicted octanol–water partition coefficient (Wildman–Crippen LogP) is 4.34. The van der Waals surface area contributed by atoms with Crippen LogP contribution in [-0.4, -0.2) is 15.7 Å². The number of nitrogens with zero attached hydrogens (tertiary/aromatic N) is 2. The molecule has 0 aliphatic rings. The van der Waals surface area contributed by atoms with Crippen molar-refractivity contribution in [3.05, 3.63) is 91.8 Å². The molecule has 0 fully saturated rings. The van der Waals surface area contributed by atoms with Crippen LogP contribution in [0.5, 0.6) is 0 Å². The van der Waals surface area contributed by atoms with E-state index in [2.05, 4.69) is 10.4 Å². The molecule has 1 heterocycles. The fourth-order valence-electron chi connectivity index (χ4n) is 2.67. The van der Waals surface area contributed by atoms with Crippen molar-refractivity contribution in [1.82, 2.24) is 15.1 Å². The number of amides is 1. The van der Waals surface area contributed by atoms with Crippen LogP contribution in [0, 0.1) is 6.92 Å². The van der Waals surface area contributed by atoms with E-state index in [-0.39, 0.29) is 11.7 Å². The topological polar surface area (TPSA) is 64.0 Å². The van der Waals surface area contributed by atoms with E-state index >= 15 is 0 Å². The van der Waals surface area contributed by atoms with Gasteiger partial charge in [0.1, 0.15) is 0 Å². The number of hydrogen-bond donors (Lipinski definition) is 1. The molecule has 138 valence electrons. The molecule has 2 aromatic carbocycles. The summed E-state index contributed by atoms with van der Waals surface area (Å²) in [5.74, 6) is -0.553. The Morgan fingerprint density at radius 3 is 2.44 bits per heavy atom. The third-order valence-electron chi connectivity index (χ3n) is 4.12. The standard InChI is InChI=1S/C20H17Cl2N3O2/c1-12-11-18(26)19(24-25(12)17-6-4-3-5-16(17)22)20(27)23-13(2)14-7-9-15(21)10-8-14/h3-11,13H,1-2H3,(H,23,27). The van der Waals surface area contributed by atoms with Crippen molar-refractivity contribution in [1.29, 1.82) is 0 Å². The maximum absolute atomic E-state index is 12.6. The Morgan fingerprint density at radius 1 is 1.11 bits per heavy atom. The number of halogens is 2. The molecule has 0 aliphatic heterocycles. The van der Waals surface area contributed by atoms with Gasteiger partial charge in [-0.3, -0.25) is 9.59 Å². The lowest BCUT2D eigenvalue weighted by atomic mass is 10.1. The van der Waals surface area contributed by atoms with E-state index in [1.165, 1.54) is 10.7 Å². The minimum atomic E-state index is -0.553. The van der Waals surface area contributed by atoms with Crippen molar-refractivity contribution in [3.63, 3.8) is 0 Å². The second-order valence-electron chi connectivity index (χ2n) is 6.11. The van der Waals surface area contributed by atoms with Gasteiger partial charge in [-0.25, -0.2) is 4.68 Å². The van der Waals surface area contributed by atoms with Crippen LogP contribution in [0.1, 0.15) is 34.7 Å². The van der Waals surface area contributed by atoms with Crippen LogP contribution in [0.4, 0.5) is 0 Å². The number of hydrogen-bond acceptors (Lipinski definition) is 3. The summed E-state index contributed by atoms with van der Waals surface area (Å²) in [5, 5.41) is 8.13. The number of aryl methyl sites for hydroxylation is 1. The Morgan fingerprint density at radius 2 is 1.78 bits per heavy atom. The van der Waals surface area contributed by atoms with Crippen LogP contribution in [0.3, 0.4) is 0 Å². The van der Waals surface area contributed by atoms with Gasteiger partial charge in [0.15, 0.2) is 5.69 Å². The molecule has 0 spiro atoms. The van der Waals surface area contributed by atoms with E-state index in [0.29, 0.717) is 21.4 Å². The average molecular weight is 402 g/mol. The lowest BCUT2D eigenvalue weighted by molar-refractivity contribution is 0.0932. The molecule has 0 radical (unpaired) electrons. The highest BCUT2D eigenvalue weighted by Crippen LogP contribution is 2.20. The molecule has 5 nitrogen and oxygen atoms in total. The highest BCUT2D eigenvalue weighted by Gasteiger charge is 2.18. The van der Waals surface area contributed by atoms with Gasteiger partial charge < -0.3 is 5.32 Å². The molecule has 7 heteroatoms. The number of carbonyl (C=O) groups excluding carboxylic acids is 1. The van der Waals surface area contributed by atoms with Crippen LogP contribution < -0.4 is 10.7 Å². The highest BCUT2D eigenvalue weighted by molar-refractivity contribution is 6.32. The SMILES string of the molecule is Cc1cc(=O)c(C(=O)NC(C)c2ccc(Cl)cc2)nn1-c1ccccc1Cl. The molecule has 1 unspecified atom stereocenters. The van der Waals surface area contributed by atoms with Crippen LogP contribution >= 0.6 is 23.2 Å². The number of nitrogens with one attached hydrogen (secondary N) is 1. The van der Waals surface area contributed by atoms with E-state index in [1.54, 1.807) is 37.3 Å². The van der Waals surface area contributed by atoms with Crippen LogP contribution in [0.15, 0.2) is 59.4 Å². The second kappa shape index (κ2) is 7.94. The predicted molar refractivity (Wildman–Crippen MR) is 107 cm³/mol. The summed E-state index contributed by atoms with van der Waals surface area (Å²) in [7, 11) is 0. The van der Waals surface area contributed by atoms with Crippen molar-refractivity contribution < 1.29 is 4.79 Å². The average Bonchev–Trinajstić information content (AvgIpc) is 2.63. The molecule has 3 rings (SSSR count). The molecule has 3 aromatic rings. The second-order valence-corrected chi connectivity index (χ2v) is 6.95. The number of aromatic nitrogens is 2. The molecule has 1 atom stereocenters. The molecular formula is C20H17Cl2N3O2. The molecule has 0 saturated carbocycles. The normalized spacial score (nSPS) is 11.9. The highest BCUT2D eigenvalue weighted by atomic mass is 35.5. The van der Waals surface area contributed by atoms with Gasteiger partial charge >= 0.3 is 0 Å². The zero-order valence-corrected chi connectivity index (χ0v) is 16.3. The van der Waals surface area contributed by atoms with Crippen molar-refractivity contribution in [2.75, 3.05) is 0 Å². The van der Waals surface area contributed by atoms with E-state index in [9.17, 15) is 9.59 Å². The number of carbonyl (C=O) groups is 1. The molecule has 0 saturated heterocycles. The third-order valence-corrected chi connectivity index (χ3v) is 4.69. The molecule has 0 bridgehead atoms. The Balaban J connectivity index is 1.93. The minimum Gasteiger partial charge on any atom is -0.344 e. The van der Waals surface area contributed by atoms with Gasteiger partial charge in [0.2, 0.25) is 5.43 Å². The largest absolute Gasteiger partial charge is 0.344 e. The smallest absolute Gasteiger partial charge is 0.276 e. The number of para-hydroxylation sites is 1. The van der Waals surface area contributed by atoms with E-state index < -0.39 is 11.3 Å². The van der Waals surface area contributed by atoms with Gasteiger partial charge in [-0.1, -0.05) is 47.5 Å². The van der Waals surface area contributed by atoms with Gasteiger partial charge in [0.05, 0.1) is 16.8 Å². The number of benzene rings is 2. The lowest BCUT2D eigenvalue weighted by Gasteiger charge is -2.16. The maximum Gasteiger partial charge on any atom is 0.276 e. The van der Waals surface area contributed by atoms with Crippen molar-refractivity contribution in [3.8, 4) is 5.69 Å². The maximum atomic E-state index is 12.6. The van der Waals surface area contributed by atoms with Gasteiger partial charge in [0.25, 0.3) is 5.91 Å². The zero-order chi connectivity index (χ0) is 19.6. The van der Waals surface area contributed by atoms with Crippen LogP contribution in [0.25, 0.3) is 5.69 Å². The van der Waals surface area contributed by atoms with Gasteiger partial charge in [0, 0.05) is 16.8 Å². The number of rotatable bonds is 4. The Labute approximate surface area is 166 Å². The third kappa shape index (κ3) is 4.21. The summed E-state index contributed by atoms with van der Waals surface area (Å²) >= 11 is 12.1. The van der Waals surface area contributed by atoms with E-state index in [0.717, 1.165) is 5.56 Å². The summed E-state index contributed by atoms with van der Waals surface area (Å²) in [6.45, 7) is 3.55. The first-order valence-electron chi connectivity index (χ1n) is 8.29. The first-order valence-corrected chi connectivity index (χ1v) is 9.04. The molecule has 1 aromatic heterocycles. The van der Waals surface area contributed by atoms with Crippen molar-refractivity contribution in [2.45, 2.75) is 19.9 Å². The summed E-state index contributed by atoms with van der Waals surface area (Å²) in [6.07, 6.45) is 0. The van der Waals surface area contributed by atoms with Crippen LogP contribution in [-0.2, 0) is 0 Å². The zero-order valence-electron chi connectivity index (χ0n) is 14.7. The fourth-order valence-corrected chi connectivity index (χ4v) is 3.01. The van der Waals surface area contributed by atoms with Crippen LogP contribution in [0.2, 0.25) is 10.0 Å². The summed E-state index contributed by atoms with van der Waals surface area (Å²) in [4.78, 5) is 25.0. The fraction of sp³-hybridized carbons (Fsp3) is 0.150. The minimum absolute atomic E-state index is 0.193. The van der Waals surface area contributed by atoms with Crippen molar-refractivity contribution in [2.24, 2.45) is 0 Å². The van der Waals surface area contributed by atoms with Gasteiger partial charge in [-0.05, 0) is 43.7 Å². The van der Waals surface area contributed by atoms with E-state index in [4.69, 9.17) is 23.2 Å². The van der Waals surface area contributed by atoms with Gasteiger partial charge in [-0.2, -0.15) is 5.10 Å². The molecule has 0 aliphatic carbocycles. The Kier molecular flexibility index (Phi) is 5.63. The molecule has 1 amide bonds. The molecular weight excluding hydrogens is 385 g/mol. The Bertz CT molecular complexity index is 1050.